The Kier molecular flexibility index (Phi) is 2.14. The van der Waals surface area contributed by atoms with Crippen molar-refractivity contribution < 1.29 is 5.11 Å². The van der Waals surface area contributed by atoms with E-state index in [2.05, 4.69) is 10.2 Å². The zero-order valence-electron chi connectivity index (χ0n) is 7.81. The quantitative estimate of drug-likeness (QED) is 0.742. The second kappa shape index (κ2) is 3.46. The molecule has 0 spiro atoms. The van der Waals surface area contributed by atoms with Crippen molar-refractivity contribution in [2.45, 2.75) is 6.92 Å². The van der Waals surface area contributed by atoms with Gasteiger partial charge in [-0.3, -0.25) is 0 Å². The fraction of sp³-hybridized carbons (Fsp3) is 0.0909. The van der Waals surface area contributed by atoms with Crippen LogP contribution in [0.5, 0.6) is 5.75 Å². The normalized spacial score (nSPS) is 10.1. The highest BCUT2D eigenvalue weighted by Gasteiger charge is 2.04. The van der Waals surface area contributed by atoms with Gasteiger partial charge in [0.05, 0.1) is 5.69 Å². The Morgan fingerprint density at radius 3 is 2.71 bits per heavy atom. The third-order valence-electron chi connectivity index (χ3n) is 2.00. The van der Waals surface area contributed by atoms with E-state index in [4.69, 9.17) is 0 Å². The highest BCUT2D eigenvalue weighted by Crippen LogP contribution is 2.27. The molecule has 1 aromatic carbocycles. The standard InChI is InChI=1S/C11H10N2O/c1-8-4-5-9(11(14)7-8)10-3-2-6-12-13-10/h2-7,14H,1H3. The SMILES string of the molecule is Cc1ccc(-c2cccnn2)c(O)c1. The Morgan fingerprint density at radius 2 is 2.07 bits per heavy atom. The van der Waals surface area contributed by atoms with E-state index in [0.717, 1.165) is 5.56 Å². The van der Waals surface area contributed by atoms with Crippen LogP contribution in [-0.2, 0) is 0 Å². The van der Waals surface area contributed by atoms with E-state index in [1.54, 1.807) is 18.3 Å². The number of hydrogen-bond acceptors (Lipinski definition) is 3. The van der Waals surface area contributed by atoms with Crippen molar-refractivity contribution in [3.63, 3.8) is 0 Å². The number of rotatable bonds is 1. The molecule has 0 aliphatic heterocycles. The zero-order valence-corrected chi connectivity index (χ0v) is 7.81. The van der Waals surface area contributed by atoms with E-state index >= 15 is 0 Å². The van der Waals surface area contributed by atoms with E-state index in [9.17, 15) is 5.11 Å². The van der Waals surface area contributed by atoms with Crippen LogP contribution in [0.2, 0.25) is 0 Å². The summed E-state index contributed by atoms with van der Waals surface area (Å²) in [6.07, 6.45) is 1.61. The van der Waals surface area contributed by atoms with Gasteiger partial charge in [-0.15, -0.1) is 0 Å². The second-order valence-electron chi connectivity index (χ2n) is 3.13. The Morgan fingerprint density at radius 1 is 1.21 bits per heavy atom. The summed E-state index contributed by atoms with van der Waals surface area (Å²) in [5.74, 6) is 0.241. The van der Waals surface area contributed by atoms with E-state index in [-0.39, 0.29) is 5.75 Å². The lowest BCUT2D eigenvalue weighted by atomic mass is 10.1. The first-order valence-corrected chi connectivity index (χ1v) is 4.35. The van der Waals surface area contributed by atoms with Crippen LogP contribution in [0.3, 0.4) is 0 Å². The van der Waals surface area contributed by atoms with Gasteiger partial charge in [-0.05, 0) is 36.8 Å². The number of aromatic nitrogens is 2. The Hall–Kier alpha value is -1.90. The summed E-state index contributed by atoms with van der Waals surface area (Å²) in [7, 11) is 0. The molecular formula is C11H10N2O. The molecule has 0 aliphatic carbocycles. The minimum atomic E-state index is 0.241. The second-order valence-corrected chi connectivity index (χ2v) is 3.13. The lowest BCUT2D eigenvalue weighted by Crippen LogP contribution is -1.86. The van der Waals surface area contributed by atoms with E-state index in [0.29, 0.717) is 11.3 Å². The molecule has 14 heavy (non-hydrogen) atoms. The smallest absolute Gasteiger partial charge is 0.125 e. The lowest BCUT2D eigenvalue weighted by Gasteiger charge is -2.03. The molecule has 0 saturated carbocycles. The minimum absolute atomic E-state index is 0.241. The van der Waals surface area contributed by atoms with Crippen molar-refractivity contribution >= 4 is 0 Å². The molecule has 0 atom stereocenters. The molecule has 2 aromatic rings. The van der Waals surface area contributed by atoms with Crippen LogP contribution in [0.1, 0.15) is 5.56 Å². The van der Waals surface area contributed by atoms with E-state index in [1.165, 1.54) is 0 Å². The predicted octanol–water partition coefficient (Wildman–Crippen LogP) is 2.16. The third-order valence-corrected chi connectivity index (χ3v) is 2.00. The molecule has 0 saturated heterocycles. The Bertz CT molecular complexity index is 440. The van der Waals surface area contributed by atoms with Gasteiger partial charge in [0.2, 0.25) is 0 Å². The number of nitrogens with zero attached hydrogens (tertiary/aromatic N) is 2. The maximum absolute atomic E-state index is 9.68. The molecule has 70 valence electrons. The average Bonchev–Trinajstić information content (AvgIpc) is 2.19. The van der Waals surface area contributed by atoms with Gasteiger partial charge in [0.15, 0.2) is 0 Å². The topological polar surface area (TPSA) is 46.0 Å². The van der Waals surface area contributed by atoms with Crippen LogP contribution in [0.15, 0.2) is 36.5 Å². The molecule has 3 nitrogen and oxygen atoms in total. The van der Waals surface area contributed by atoms with Crippen LogP contribution in [0.4, 0.5) is 0 Å². The highest BCUT2D eigenvalue weighted by atomic mass is 16.3. The van der Waals surface area contributed by atoms with Crippen molar-refractivity contribution in [1.82, 2.24) is 10.2 Å². The summed E-state index contributed by atoms with van der Waals surface area (Å²) in [5.41, 5.74) is 2.42. The minimum Gasteiger partial charge on any atom is -0.507 e. The van der Waals surface area contributed by atoms with Gasteiger partial charge in [0.1, 0.15) is 5.75 Å². The molecule has 0 aliphatic rings. The molecule has 0 fully saturated rings. The van der Waals surface area contributed by atoms with Gasteiger partial charge in [0.25, 0.3) is 0 Å². The van der Waals surface area contributed by atoms with Crippen molar-refractivity contribution in [3.05, 3.63) is 42.1 Å². The molecule has 1 aromatic heterocycles. The average molecular weight is 186 g/mol. The van der Waals surface area contributed by atoms with E-state index in [1.807, 2.05) is 25.1 Å². The van der Waals surface area contributed by atoms with Crippen molar-refractivity contribution in [2.24, 2.45) is 0 Å². The molecule has 0 unspecified atom stereocenters. The Labute approximate surface area is 82.1 Å². The summed E-state index contributed by atoms with van der Waals surface area (Å²) in [6.45, 7) is 1.93. The number of aromatic hydroxyl groups is 1. The molecule has 1 heterocycles. The number of phenols is 1. The fourth-order valence-corrected chi connectivity index (χ4v) is 1.30. The fourth-order valence-electron chi connectivity index (χ4n) is 1.30. The predicted molar refractivity (Wildman–Crippen MR) is 53.9 cm³/mol. The molecular weight excluding hydrogens is 176 g/mol. The maximum atomic E-state index is 9.68. The van der Waals surface area contributed by atoms with Gasteiger partial charge in [-0.1, -0.05) is 6.07 Å². The van der Waals surface area contributed by atoms with Crippen LogP contribution in [-0.4, -0.2) is 15.3 Å². The number of aryl methyl sites for hydroxylation is 1. The molecule has 1 N–H and O–H groups in total. The first-order chi connectivity index (χ1) is 6.77. The van der Waals surface area contributed by atoms with Crippen molar-refractivity contribution in [2.75, 3.05) is 0 Å². The van der Waals surface area contributed by atoms with Crippen LogP contribution in [0, 0.1) is 6.92 Å². The van der Waals surface area contributed by atoms with E-state index < -0.39 is 0 Å². The highest BCUT2D eigenvalue weighted by molar-refractivity contribution is 5.66. The van der Waals surface area contributed by atoms with Gasteiger partial charge in [-0.25, -0.2) is 0 Å². The largest absolute Gasteiger partial charge is 0.507 e. The first kappa shape index (κ1) is 8.69. The molecule has 0 bridgehead atoms. The lowest BCUT2D eigenvalue weighted by molar-refractivity contribution is 0.476. The number of benzene rings is 1. The van der Waals surface area contributed by atoms with Gasteiger partial charge in [-0.2, -0.15) is 10.2 Å². The summed E-state index contributed by atoms with van der Waals surface area (Å²) in [6, 6.07) is 9.10. The van der Waals surface area contributed by atoms with Gasteiger partial charge in [0, 0.05) is 11.8 Å². The maximum Gasteiger partial charge on any atom is 0.125 e. The summed E-state index contributed by atoms with van der Waals surface area (Å²) < 4.78 is 0. The molecule has 0 amide bonds. The summed E-state index contributed by atoms with van der Waals surface area (Å²) >= 11 is 0. The number of phenolic OH excluding ortho intramolecular Hbond substituents is 1. The van der Waals surface area contributed by atoms with Crippen LogP contribution < -0.4 is 0 Å². The molecule has 0 radical (unpaired) electrons. The van der Waals surface area contributed by atoms with Crippen LogP contribution >= 0.6 is 0 Å². The number of hydrogen-bond donors (Lipinski definition) is 1. The van der Waals surface area contributed by atoms with Crippen molar-refractivity contribution in [3.8, 4) is 17.0 Å². The first-order valence-electron chi connectivity index (χ1n) is 4.35. The van der Waals surface area contributed by atoms with Crippen molar-refractivity contribution in [1.29, 1.82) is 0 Å². The van der Waals surface area contributed by atoms with Gasteiger partial charge >= 0.3 is 0 Å². The Balaban J connectivity index is 2.53. The summed E-state index contributed by atoms with van der Waals surface area (Å²) in [5, 5.41) is 17.4. The van der Waals surface area contributed by atoms with Crippen LogP contribution in [0.25, 0.3) is 11.3 Å². The molecule has 2 rings (SSSR count). The third kappa shape index (κ3) is 1.57. The van der Waals surface area contributed by atoms with Gasteiger partial charge < -0.3 is 5.11 Å². The zero-order chi connectivity index (χ0) is 9.97. The summed E-state index contributed by atoms with van der Waals surface area (Å²) in [4.78, 5) is 0. The monoisotopic (exact) mass is 186 g/mol. The molecule has 3 heteroatoms.